The summed E-state index contributed by atoms with van der Waals surface area (Å²) in [7, 11) is 0. The number of aromatic nitrogens is 2. The maximum Gasteiger partial charge on any atom is 0.138 e. The highest BCUT2D eigenvalue weighted by Gasteiger charge is 2.25. The quantitative estimate of drug-likeness (QED) is 0.502. The molecule has 2 aromatic carbocycles. The van der Waals surface area contributed by atoms with Crippen molar-refractivity contribution in [2.45, 2.75) is 37.7 Å². The Kier molecular flexibility index (Phi) is 7.43. The molecule has 0 amide bonds. The molecule has 7 nitrogen and oxygen atoms in total. The number of ether oxygens (including phenoxy) is 2. The minimum Gasteiger partial charge on any atom is -0.488 e. The highest BCUT2D eigenvalue weighted by Crippen LogP contribution is 2.25. The van der Waals surface area contributed by atoms with Crippen LogP contribution in [-0.4, -0.2) is 56.9 Å². The summed E-state index contributed by atoms with van der Waals surface area (Å²) in [5, 5.41) is 29.6. The topological polar surface area (TPSA) is 97.0 Å². The van der Waals surface area contributed by atoms with Crippen molar-refractivity contribution in [1.29, 1.82) is 0 Å². The third-order valence-corrected chi connectivity index (χ3v) is 5.59. The normalized spacial score (nSPS) is 19.9. The van der Waals surface area contributed by atoms with E-state index < -0.39 is 18.2 Å². The zero-order valence-corrected chi connectivity index (χ0v) is 18.5. The zero-order valence-electron chi connectivity index (χ0n) is 18.5. The SMILES string of the molecule is C[C@H](O)c1nccn1C(C#Cc1ccc(-c2ccc(O[C@@H]3CCOC[C@H]3O)cc2)cc1)CO. The van der Waals surface area contributed by atoms with Crippen LogP contribution in [0.25, 0.3) is 11.1 Å². The fourth-order valence-electron chi connectivity index (χ4n) is 3.77. The van der Waals surface area contributed by atoms with Gasteiger partial charge in [-0.15, -0.1) is 0 Å². The van der Waals surface area contributed by atoms with E-state index in [1.165, 1.54) is 0 Å². The van der Waals surface area contributed by atoms with Crippen LogP contribution in [0, 0.1) is 11.8 Å². The maximum atomic E-state index is 9.98. The summed E-state index contributed by atoms with van der Waals surface area (Å²) < 4.78 is 12.8. The molecular formula is C26H28N2O5. The molecule has 0 aliphatic carbocycles. The Morgan fingerprint density at radius 1 is 1.15 bits per heavy atom. The van der Waals surface area contributed by atoms with Crippen LogP contribution in [0.3, 0.4) is 0 Å². The fourth-order valence-corrected chi connectivity index (χ4v) is 3.77. The van der Waals surface area contributed by atoms with Crippen LogP contribution in [0.5, 0.6) is 5.75 Å². The second-order valence-corrected chi connectivity index (χ2v) is 8.03. The largest absolute Gasteiger partial charge is 0.488 e. The smallest absolute Gasteiger partial charge is 0.138 e. The molecule has 4 rings (SSSR count). The van der Waals surface area contributed by atoms with Gasteiger partial charge in [0.05, 0.1) is 19.8 Å². The number of hydrogen-bond acceptors (Lipinski definition) is 6. The first-order chi connectivity index (χ1) is 16.0. The van der Waals surface area contributed by atoms with Crippen molar-refractivity contribution in [3.8, 4) is 28.7 Å². The Labute approximate surface area is 193 Å². The van der Waals surface area contributed by atoms with Gasteiger partial charge in [-0.3, -0.25) is 0 Å². The summed E-state index contributed by atoms with van der Waals surface area (Å²) >= 11 is 0. The first kappa shape index (κ1) is 23.0. The summed E-state index contributed by atoms with van der Waals surface area (Å²) in [4.78, 5) is 4.13. The van der Waals surface area contributed by atoms with Gasteiger partial charge in [0.15, 0.2) is 0 Å². The summed E-state index contributed by atoms with van der Waals surface area (Å²) in [6.45, 7) is 2.35. The molecule has 4 atom stereocenters. The van der Waals surface area contributed by atoms with E-state index in [-0.39, 0.29) is 12.7 Å². The van der Waals surface area contributed by atoms with Crippen LogP contribution in [0.15, 0.2) is 60.9 Å². The van der Waals surface area contributed by atoms with Crippen molar-refractivity contribution in [3.05, 3.63) is 72.3 Å². The molecule has 0 saturated carbocycles. The van der Waals surface area contributed by atoms with E-state index in [4.69, 9.17) is 9.47 Å². The molecule has 3 N–H and O–H groups in total. The average Bonchev–Trinajstić information content (AvgIpc) is 3.32. The van der Waals surface area contributed by atoms with Gasteiger partial charge < -0.3 is 29.4 Å². The van der Waals surface area contributed by atoms with Crippen molar-refractivity contribution >= 4 is 0 Å². The van der Waals surface area contributed by atoms with Crippen molar-refractivity contribution in [3.63, 3.8) is 0 Å². The summed E-state index contributed by atoms with van der Waals surface area (Å²) in [5.74, 6) is 7.34. The first-order valence-electron chi connectivity index (χ1n) is 11.0. The lowest BCUT2D eigenvalue weighted by Gasteiger charge is -2.28. The van der Waals surface area contributed by atoms with Crippen LogP contribution in [0.1, 0.15) is 36.9 Å². The van der Waals surface area contributed by atoms with E-state index in [2.05, 4.69) is 16.8 Å². The molecule has 33 heavy (non-hydrogen) atoms. The predicted octanol–water partition coefficient (Wildman–Crippen LogP) is 2.72. The number of nitrogens with zero attached hydrogens (tertiary/aromatic N) is 2. The number of aliphatic hydroxyl groups is 3. The molecule has 3 aromatic rings. The Bertz CT molecular complexity index is 1100. The Hall–Kier alpha value is -3.15. The fraction of sp³-hybridized carbons (Fsp3) is 0.346. The Morgan fingerprint density at radius 3 is 2.48 bits per heavy atom. The maximum absolute atomic E-state index is 9.98. The monoisotopic (exact) mass is 448 g/mol. The number of aliphatic hydroxyl groups excluding tert-OH is 3. The minimum absolute atomic E-state index is 0.180. The van der Waals surface area contributed by atoms with E-state index in [0.29, 0.717) is 25.5 Å². The second kappa shape index (κ2) is 10.6. The first-order valence-corrected chi connectivity index (χ1v) is 11.0. The lowest BCUT2D eigenvalue weighted by Crippen LogP contribution is -2.40. The molecule has 1 unspecified atom stereocenters. The summed E-state index contributed by atoms with van der Waals surface area (Å²) in [5.41, 5.74) is 2.91. The van der Waals surface area contributed by atoms with Gasteiger partial charge in [-0.2, -0.15) is 0 Å². The molecule has 7 heteroatoms. The van der Waals surface area contributed by atoms with Crippen molar-refractivity contribution < 1.29 is 24.8 Å². The van der Waals surface area contributed by atoms with Crippen LogP contribution in [-0.2, 0) is 4.74 Å². The average molecular weight is 449 g/mol. The molecule has 0 spiro atoms. The number of imidazole rings is 1. The molecule has 1 aliphatic heterocycles. The van der Waals surface area contributed by atoms with Gasteiger partial charge in [0.25, 0.3) is 0 Å². The van der Waals surface area contributed by atoms with E-state index in [9.17, 15) is 15.3 Å². The van der Waals surface area contributed by atoms with Crippen molar-refractivity contribution in [1.82, 2.24) is 9.55 Å². The van der Waals surface area contributed by atoms with Gasteiger partial charge in [-0.25, -0.2) is 4.98 Å². The Balaban J connectivity index is 1.43. The lowest BCUT2D eigenvalue weighted by atomic mass is 10.0. The van der Waals surface area contributed by atoms with Gasteiger partial charge in [0.1, 0.15) is 35.9 Å². The van der Waals surface area contributed by atoms with Crippen LogP contribution in [0.2, 0.25) is 0 Å². The minimum atomic E-state index is -0.742. The molecule has 0 bridgehead atoms. The lowest BCUT2D eigenvalue weighted by molar-refractivity contribution is -0.0750. The van der Waals surface area contributed by atoms with E-state index in [0.717, 1.165) is 22.4 Å². The van der Waals surface area contributed by atoms with Gasteiger partial charge in [-0.05, 0) is 42.3 Å². The predicted molar refractivity (Wildman–Crippen MR) is 124 cm³/mol. The number of rotatable bonds is 6. The molecule has 2 heterocycles. The molecule has 172 valence electrons. The van der Waals surface area contributed by atoms with Crippen LogP contribution >= 0.6 is 0 Å². The highest BCUT2D eigenvalue weighted by atomic mass is 16.5. The van der Waals surface area contributed by atoms with Crippen LogP contribution < -0.4 is 4.74 Å². The van der Waals surface area contributed by atoms with Crippen LogP contribution in [0.4, 0.5) is 0 Å². The van der Waals surface area contributed by atoms with Gasteiger partial charge in [-0.1, -0.05) is 36.1 Å². The third-order valence-electron chi connectivity index (χ3n) is 5.59. The van der Waals surface area contributed by atoms with Crippen molar-refractivity contribution in [2.24, 2.45) is 0 Å². The van der Waals surface area contributed by atoms with Crippen molar-refractivity contribution in [2.75, 3.05) is 19.8 Å². The molecule has 1 saturated heterocycles. The van der Waals surface area contributed by atoms with E-state index >= 15 is 0 Å². The second-order valence-electron chi connectivity index (χ2n) is 8.03. The standard InChI is InChI=1S/C26H28N2O5/c1-18(30)26-27-13-14-28(26)22(16-29)9-4-19-2-5-20(6-3-19)21-7-10-23(11-8-21)33-25-12-15-32-17-24(25)31/h2-3,5-8,10-11,13-14,18,22,24-25,29-31H,12,15-17H2,1H3/t18-,22?,24+,25+/m0/s1. The summed E-state index contributed by atoms with van der Waals surface area (Å²) in [6, 6.07) is 15.2. The molecule has 1 fully saturated rings. The van der Waals surface area contributed by atoms with E-state index in [1.54, 1.807) is 23.9 Å². The van der Waals surface area contributed by atoms with Gasteiger partial charge >= 0.3 is 0 Å². The number of hydrogen-bond donors (Lipinski definition) is 3. The van der Waals surface area contributed by atoms with E-state index in [1.807, 2.05) is 48.5 Å². The highest BCUT2D eigenvalue weighted by molar-refractivity contribution is 5.65. The summed E-state index contributed by atoms with van der Waals surface area (Å²) in [6.07, 6.45) is 2.37. The molecular weight excluding hydrogens is 420 g/mol. The zero-order chi connectivity index (χ0) is 23.2. The molecule has 1 aliphatic rings. The number of benzene rings is 2. The Morgan fingerprint density at radius 2 is 1.85 bits per heavy atom. The molecule has 1 aromatic heterocycles. The third kappa shape index (κ3) is 5.62. The van der Waals surface area contributed by atoms with Gasteiger partial charge in [0.2, 0.25) is 0 Å². The molecule has 0 radical (unpaired) electrons. The van der Waals surface area contributed by atoms with Gasteiger partial charge in [0, 0.05) is 24.4 Å².